The van der Waals surface area contributed by atoms with Gasteiger partial charge in [-0.05, 0) is 25.1 Å². The normalized spacial score (nSPS) is 15.2. The van der Waals surface area contributed by atoms with Gasteiger partial charge in [0, 0.05) is 32.0 Å². The van der Waals surface area contributed by atoms with Crippen molar-refractivity contribution >= 4 is 17.0 Å². The van der Waals surface area contributed by atoms with Crippen molar-refractivity contribution in [3.63, 3.8) is 0 Å². The van der Waals surface area contributed by atoms with E-state index >= 15 is 0 Å². The molecule has 8 nitrogen and oxygen atoms in total. The van der Waals surface area contributed by atoms with Crippen LogP contribution in [-0.4, -0.2) is 44.8 Å². The summed E-state index contributed by atoms with van der Waals surface area (Å²) in [5.41, 5.74) is 1.96. The second-order valence-electron chi connectivity index (χ2n) is 6.63. The minimum atomic E-state index is -0.513. The molecule has 27 heavy (non-hydrogen) atoms. The summed E-state index contributed by atoms with van der Waals surface area (Å²) in [4.78, 5) is 26.4. The topological polar surface area (TPSA) is 90.5 Å². The molecule has 1 fully saturated rings. The predicted octanol–water partition coefficient (Wildman–Crippen LogP) is 1.76. The first-order valence-electron chi connectivity index (χ1n) is 8.93. The maximum atomic E-state index is 12.6. The average Bonchev–Trinajstić information content (AvgIpc) is 2.99. The summed E-state index contributed by atoms with van der Waals surface area (Å²) in [7, 11) is 0. The van der Waals surface area contributed by atoms with Crippen LogP contribution in [0.15, 0.2) is 45.6 Å². The summed E-state index contributed by atoms with van der Waals surface area (Å²) in [6, 6.07) is 10.8. The molecule has 0 bridgehead atoms. The smallest absolute Gasteiger partial charge is 0.420 e. The van der Waals surface area contributed by atoms with Crippen LogP contribution in [0.3, 0.4) is 0 Å². The Morgan fingerprint density at radius 3 is 2.70 bits per heavy atom. The third-order valence-electron chi connectivity index (χ3n) is 4.72. The summed E-state index contributed by atoms with van der Waals surface area (Å²) in [6.07, 6.45) is 1.42. The summed E-state index contributed by atoms with van der Waals surface area (Å²) in [5, 5.41) is 8.00. The van der Waals surface area contributed by atoms with Gasteiger partial charge in [-0.25, -0.2) is 4.79 Å². The van der Waals surface area contributed by atoms with Gasteiger partial charge in [-0.2, -0.15) is 5.10 Å². The third-order valence-corrected chi connectivity index (χ3v) is 4.72. The molecule has 0 atom stereocenters. The summed E-state index contributed by atoms with van der Waals surface area (Å²) in [5.74, 6) is -0.111. The Kier molecular flexibility index (Phi) is 4.62. The fourth-order valence-corrected chi connectivity index (χ4v) is 3.24. The van der Waals surface area contributed by atoms with Gasteiger partial charge in [0.2, 0.25) is 11.8 Å². The average molecular weight is 368 g/mol. The highest BCUT2D eigenvalue weighted by Crippen LogP contribution is 2.18. The van der Waals surface area contributed by atoms with Gasteiger partial charge in [-0.3, -0.25) is 9.36 Å². The molecular formula is C19H20N4O4. The number of amides is 1. The lowest BCUT2D eigenvalue weighted by atomic mass is 10.1. The van der Waals surface area contributed by atoms with Gasteiger partial charge in [0.05, 0.1) is 11.2 Å². The van der Waals surface area contributed by atoms with Crippen LogP contribution >= 0.6 is 0 Å². The van der Waals surface area contributed by atoms with Crippen LogP contribution in [-0.2, 0) is 11.3 Å². The molecule has 1 aliphatic heterocycles. The van der Waals surface area contributed by atoms with E-state index in [2.05, 4.69) is 10.2 Å². The Hall–Kier alpha value is -3.16. The molecule has 0 saturated carbocycles. The number of benzene rings is 1. The first kappa shape index (κ1) is 17.3. The molecule has 1 saturated heterocycles. The highest BCUT2D eigenvalue weighted by molar-refractivity contribution is 5.79. The number of fused-ring (bicyclic) bond motifs is 1. The van der Waals surface area contributed by atoms with Gasteiger partial charge in [0.25, 0.3) is 0 Å². The number of piperidine rings is 1. The van der Waals surface area contributed by atoms with Crippen molar-refractivity contribution in [1.82, 2.24) is 19.7 Å². The lowest BCUT2D eigenvalue weighted by Crippen LogP contribution is -2.43. The second-order valence-corrected chi connectivity index (χ2v) is 6.63. The Balaban J connectivity index is 1.36. The Bertz CT molecular complexity index is 1000. The van der Waals surface area contributed by atoms with Crippen LogP contribution in [0.4, 0.5) is 0 Å². The van der Waals surface area contributed by atoms with Gasteiger partial charge in [-0.15, -0.1) is 5.10 Å². The molecule has 2 aromatic heterocycles. The van der Waals surface area contributed by atoms with Crippen LogP contribution in [0, 0.1) is 6.92 Å². The molecule has 0 aliphatic carbocycles. The number of likely N-dealkylation sites (tertiary alicyclic amines) is 1. The lowest BCUT2D eigenvalue weighted by Gasteiger charge is -2.31. The molecule has 0 N–H and O–H groups in total. The molecule has 4 rings (SSSR count). The predicted molar refractivity (Wildman–Crippen MR) is 97.5 cm³/mol. The third kappa shape index (κ3) is 3.69. The van der Waals surface area contributed by atoms with Crippen LogP contribution in [0.2, 0.25) is 0 Å². The molecule has 3 heterocycles. The number of aromatic nitrogens is 3. The van der Waals surface area contributed by atoms with E-state index in [9.17, 15) is 9.59 Å². The van der Waals surface area contributed by atoms with E-state index in [1.165, 1.54) is 4.57 Å². The standard InChI is InChI=1S/C19H20N4O4/c1-13-6-7-17(21-20-13)26-14-8-10-22(11-9-14)18(24)12-23-15-4-2-3-5-16(15)27-19(23)25/h2-7,14H,8-12H2,1H3. The molecule has 1 aromatic carbocycles. The zero-order valence-electron chi connectivity index (χ0n) is 15.0. The number of rotatable bonds is 4. The monoisotopic (exact) mass is 368 g/mol. The first-order valence-corrected chi connectivity index (χ1v) is 8.93. The highest BCUT2D eigenvalue weighted by Gasteiger charge is 2.25. The lowest BCUT2D eigenvalue weighted by molar-refractivity contribution is -0.133. The molecule has 0 unspecified atom stereocenters. The number of oxazole rings is 1. The van der Waals surface area contributed by atoms with Crippen molar-refractivity contribution < 1.29 is 13.9 Å². The number of hydrogen-bond donors (Lipinski definition) is 0. The van der Waals surface area contributed by atoms with Crippen molar-refractivity contribution in [3.05, 3.63) is 52.6 Å². The summed E-state index contributed by atoms with van der Waals surface area (Å²) >= 11 is 0. The quantitative estimate of drug-likeness (QED) is 0.697. The zero-order chi connectivity index (χ0) is 18.8. The molecule has 3 aromatic rings. The van der Waals surface area contributed by atoms with Crippen molar-refractivity contribution in [1.29, 1.82) is 0 Å². The Morgan fingerprint density at radius 2 is 1.96 bits per heavy atom. The van der Waals surface area contributed by atoms with E-state index in [0.29, 0.717) is 42.9 Å². The molecule has 140 valence electrons. The van der Waals surface area contributed by atoms with Gasteiger partial charge < -0.3 is 14.1 Å². The number of aryl methyl sites for hydroxylation is 1. The molecule has 1 amide bonds. The summed E-state index contributed by atoms with van der Waals surface area (Å²) < 4.78 is 12.4. The fraction of sp³-hybridized carbons (Fsp3) is 0.368. The molecule has 8 heteroatoms. The first-order chi connectivity index (χ1) is 13.1. The second kappa shape index (κ2) is 7.22. The molecular weight excluding hydrogens is 348 g/mol. The van der Waals surface area contributed by atoms with E-state index in [-0.39, 0.29) is 18.6 Å². The van der Waals surface area contributed by atoms with E-state index in [1.807, 2.05) is 19.1 Å². The molecule has 0 spiro atoms. The fourth-order valence-electron chi connectivity index (χ4n) is 3.24. The van der Waals surface area contributed by atoms with Crippen LogP contribution < -0.4 is 10.5 Å². The number of para-hydroxylation sites is 2. The largest absolute Gasteiger partial charge is 0.473 e. The van der Waals surface area contributed by atoms with Gasteiger partial charge in [-0.1, -0.05) is 12.1 Å². The number of carbonyl (C=O) groups excluding carboxylic acids is 1. The van der Waals surface area contributed by atoms with E-state index in [1.54, 1.807) is 29.2 Å². The Morgan fingerprint density at radius 1 is 1.19 bits per heavy atom. The maximum Gasteiger partial charge on any atom is 0.420 e. The minimum absolute atomic E-state index is 0.00327. The van der Waals surface area contributed by atoms with E-state index in [0.717, 1.165) is 5.69 Å². The Labute approximate surface area is 155 Å². The highest BCUT2D eigenvalue weighted by atomic mass is 16.5. The molecule has 0 radical (unpaired) electrons. The van der Waals surface area contributed by atoms with Crippen molar-refractivity contribution in [2.24, 2.45) is 0 Å². The van der Waals surface area contributed by atoms with Gasteiger partial charge in [0.1, 0.15) is 12.6 Å². The van der Waals surface area contributed by atoms with Crippen molar-refractivity contribution in [2.45, 2.75) is 32.4 Å². The summed E-state index contributed by atoms with van der Waals surface area (Å²) in [6.45, 7) is 3.00. The van der Waals surface area contributed by atoms with Crippen LogP contribution in [0.25, 0.3) is 11.1 Å². The number of carbonyl (C=O) groups is 1. The maximum absolute atomic E-state index is 12.6. The van der Waals surface area contributed by atoms with Crippen molar-refractivity contribution in [2.75, 3.05) is 13.1 Å². The van der Waals surface area contributed by atoms with Gasteiger partial charge in [0.15, 0.2) is 5.58 Å². The molecule has 1 aliphatic rings. The van der Waals surface area contributed by atoms with Crippen LogP contribution in [0.5, 0.6) is 5.88 Å². The zero-order valence-corrected chi connectivity index (χ0v) is 15.0. The number of ether oxygens (including phenoxy) is 1. The van der Waals surface area contributed by atoms with Crippen LogP contribution in [0.1, 0.15) is 18.5 Å². The number of nitrogens with zero attached hydrogens (tertiary/aromatic N) is 4. The van der Waals surface area contributed by atoms with E-state index in [4.69, 9.17) is 9.15 Å². The minimum Gasteiger partial charge on any atom is -0.473 e. The van der Waals surface area contributed by atoms with Crippen molar-refractivity contribution in [3.8, 4) is 5.88 Å². The SMILES string of the molecule is Cc1ccc(OC2CCN(C(=O)Cn3c(=O)oc4ccccc43)CC2)nn1. The van der Waals surface area contributed by atoms with Gasteiger partial charge >= 0.3 is 5.76 Å². The van der Waals surface area contributed by atoms with E-state index < -0.39 is 5.76 Å². The number of hydrogen-bond acceptors (Lipinski definition) is 6.